The summed E-state index contributed by atoms with van der Waals surface area (Å²) in [6.07, 6.45) is 3.82. The molecule has 4 N–H and O–H groups in total. The minimum absolute atomic E-state index is 0. The number of hydrogen-bond donors (Lipinski definition) is 3. The van der Waals surface area contributed by atoms with Crippen molar-refractivity contribution in [1.82, 2.24) is 15.0 Å². The van der Waals surface area contributed by atoms with Crippen molar-refractivity contribution in [3.63, 3.8) is 0 Å². The number of benzene rings is 1. The molecule has 0 fully saturated rings. The first-order chi connectivity index (χ1) is 12.6. The number of rotatable bonds is 8. The lowest BCUT2D eigenvalue weighted by atomic mass is 10.1. The fraction of sp³-hybridized carbons (Fsp3) is 0.368. The summed E-state index contributed by atoms with van der Waals surface area (Å²) in [6, 6.07) is 5.97. The number of anilines is 2. The Morgan fingerprint density at radius 3 is 2.66 bits per heavy atom. The van der Waals surface area contributed by atoms with Crippen LogP contribution in [0, 0.1) is 12.8 Å². The van der Waals surface area contributed by atoms with E-state index in [1.807, 2.05) is 31.3 Å². The number of halogens is 3. The van der Waals surface area contributed by atoms with Gasteiger partial charge in [-0.05, 0) is 44.4 Å². The van der Waals surface area contributed by atoms with E-state index in [4.69, 9.17) is 10.5 Å². The standard InChI is InChI=1S/C19H25N5OS.3ClH/c1-12(9-20)4-5-15-11-26-19(24-15)23-14-6-7-16(17(8-14)25-3)18-21-10-13(2)22-18;;;/h6-8,10-12H,4-5,9,20H2,1-3H3,(H,21,22)(H,23,24);3*1H/t12-;;;/m0.../s1. The molecule has 2 aromatic heterocycles. The predicted molar refractivity (Wildman–Crippen MR) is 129 cm³/mol. The predicted octanol–water partition coefficient (Wildman–Crippen LogP) is 5.39. The van der Waals surface area contributed by atoms with Crippen LogP contribution in [0.1, 0.15) is 24.7 Å². The second kappa shape index (κ2) is 12.9. The molecule has 0 aliphatic rings. The molecule has 3 rings (SSSR count). The zero-order chi connectivity index (χ0) is 18.5. The van der Waals surface area contributed by atoms with Gasteiger partial charge in [-0.3, -0.25) is 0 Å². The summed E-state index contributed by atoms with van der Waals surface area (Å²) < 4.78 is 5.54. The van der Waals surface area contributed by atoms with Gasteiger partial charge >= 0.3 is 0 Å². The van der Waals surface area contributed by atoms with E-state index in [9.17, 15) is 0 Å². The first kappa shape index (κ1) is 27.5. The number of nitrogens with two attached hydrogens (primary N) is 1. The molecule has 0 unspecified atom stereocenters. The Morgan fingerprint density at radius 1 is 1.28 bits per heavy atom. The third kappa shape index (κ3) is 7.35. The number of nitrogens with zero attached hydrogens (tertiary/aromatic N) is 2. The lowest BCUT2D eigenvalue weighted by molar-refractivity contribution is 0.416. The Hall–Kier alpha value is -1.51. The molecule has 0 radical (unpaired) electrons. The van der Waals surface area contributed by atoms with Crippen LogP contribution in [0.4, 0.5) is 10.8 Å². The van der Waals surface area contributed by atoms with Crippen molar-refractivity contribution in [1.29, 1.82) is 0 Å². The largest absolute Gasteiger partial charge is 0.496 e. The maximum Gasteiger partial charge on any atom is 0.187 e. The molecule has 0 aliphatic carbocycles. The Labute approximate surface area is 194 Å². The fourth-order valence-corrected chi connectivity index (χ4v) is 3.39. The van der Waals surface area contributed by atoms with Crippen LogP contribution in [-0.4, -0.2) is 28.6 Å². The van der Waals surface area contributed by atoms with Crippen LogP contribution in [0.25, 0.3) is 11.4 Å². The third-order valence-electron chi connectivity index (χ3n) is 4.26. The molecule has 1 aromatic carbocycles. The van der Waals surface area contributed by atoms with E-state index in [2.05, 4.69) is 32.6 Å². The second-order valence-electron chi connectivity index (χ2n) is 6.48. The number of hydrogen-bond acceptors (Lipinski definition) is 6. The summed E-state index contributed by atoms with van der Waals surface area (Å²) in [5.74, 6) is 2.09. The highest BCUT2D eigenvalue weighted by molar-refractivity contribution is 7.13. The lowest BCUT2D eigenvalue weighted by Crippen LogP contribution is -2.11. The Morgan fingerprint density at radius 2 is 2.03 bits per heavy atom. The van der Waals surface area contributed by atoms with Crippen molar-refractivity contribution in [2.75, 3.05) is 19.0 Å². The molecule has 0 saturated heterocycles. The molecular weight excluding hydrogens is 453 g/mol. The SMILES string of the molecule is COc1cc(Nc2nc(CC[C@H](C)CN)cs2)ccc1-c1ncc(C)[nH]1.Cl.Cl.Cl. The van der Waals surface area contributed by atoms with Gasteiger partial charge < -0.3 is 20.8 Å². The van der Waals surface area contributed by atoms with Gasteiger partial charge in [-0.15, -0.1) is 48.6 Å². The number of thiazole rings is 1. The molecular formula is C19H28Cl3N5OS. The number of aromatic nitrogens is 3. The number of ether oxygens (including phenoxy) is 1. The smallest absolute Gasteiger partial charge is 0.187 e. The highest BCUT2D eigenvalue weighted by Crippen LogP contribution is 2.32. The third-order valence-corrected chi connectivity index (χ3v) is 5.06. The van der Waals surface area contributed by atoms with Crippen LogP contribution < -0.4 is 15.8 Å². The summed E-state index contributed by atoms with van der Waals surface area (Å²) in [6.45, 7) is 4.86. The van der Waals surface area contributed by atoms with Crippen LogP contribution in [0.3, 0.4) is 0 Å². The minimum Gasteiger partial charge on any atom is -0.496 e. The molecule has 2 heterocycles. The monoisotopic (exact) mass is 479 g/mol. The van der Waals surface area contributed by atoms with Crippen molar-refractivity contribution in [2.24, 2.45) is 11.7 Å². The highest BCUT2D eigenvalue weighted by Gasteiger charge is 2.11. The Kier molecular flexibility index (Phi) is 12.3. The van der Waals surface area contributed by atoms with Crippen LogP contribution >= 0.6 is 48.6 Å². The Bertz CT molecular complexity index is 871. The van der Waals surface area contributed by atoms with Gasteiger partial charge in [0.05, 0.1) is 18.4 Å². The molecule has 0 saturated carbocycles. The van der Waals surface area contributed by atoms with Gasteiger partial charge in [-0.25, -0.2) is 9.97 Å². The quantitative estimate of drug-likeness (QED) is 0.402. The molecule has 0 spiro atoms. The van der Waals surface area contributed by atoms with Crippen molar-refractivity contribution in [2.45, 2.75) is 26.7 Å². The van der Waals surface area contributed by atoms with Crippen LogP contribution in [0.15, 0.2) is 29.8 Å². The van der Waals surface area contributed by atoms with Crippen molar-refractivity contribution >= 4 is 59.4 Å². The summed E-state index contributed by atoms with van der Waals surface area (Å²) in [4.78, 5) is 12.3. The zero-order valence-corrected chi connectivity index (χ0v) is 19.9. The van der Waals surface area contributed by atoms with E-state index < -0.39 is 0 Å². The minimum atomic E-state index is 0. The molecule has 1 atom stereocenters. The topological polar surface area (TPSA) is 88.8 Å². The number of H-pyrrole nitrogens is 1. The van der Waals surface area contributed by atoms with Gasteiger partial charge in [0.1, 0.15) is 11.6 Å². The van der Waals surface area contributed by atoms with Gasteiger partial charge in [0, 0.05) is 29.0 Å². The van der Waals surface area contributed by atoms with Gasteiger partial charge in [0.2, 0.25) is 0 Å². The van der Waals surface area contributed by atoms with E-state index in [1.165, 1.54) is 0 Å². The number of aromatic amines is 1. The summed E-state index contributed by atoms with van der Waals surface area (Å²) in [5.41, 5.74) is 9.67. The molecule has 0 aliphatic heterocycles. The van der Waals surface area contributed by atoms with Gasteiger partial charge in [-0.1, -0.05) is 6.92 Å². The van der Waals surface area contributed by atoms with Crippen LogP contribution in [0.5, 0.6) is 5.75 Å². The first-order valence-electron chi connectivity index (χ1n) is 8.70. The average molecular weight is 481 g/mol. The van der Waals surface area contributed by atoms with E-state index in [-0.39, 0.29) is 37.2 Å². The van der Waals surface area contributed by atoms with E-state index in [1.54, 1.807) is 18.4 Å². The fourth-order valence-electron chi connectivity index (χ4n) is 2.63. The molecule has 29 heavy (non-hydrogen) atoms. The molecule has 6 nitrogen and oxygen atoms in total. The van der Waals surface area contributed by atoms with Crippen molar-refractivity contribution < 1.29 is 4.74 Å². The molecule has 0 bridgehead atoms. The zero-order valence-electron chi connectivity index (χ0n) is 16.6. The van der Waals surface area contributed by atoms with Crippen molar-refractivity contribution in [3.05, 3.63) is 41.2 Å². The number of methoxy groups -OCH3 is 1. The average Bonchev–Trinajstić information content (AvgIpc) is 3.28. The van der Waals surface area contributed by atoms with E-state index in [0.29, 0.717) is 5.92 Å². The number of imidazole rings is 1. The highest BCUT2D eigenvalue weighted by atomic mass is 35.5. The summed E-state index contributed by atoms with van der Waals surface area (Å²) in [7, 11) is 1.67. The normalized spacial score (nSPS) is 10.9. The number of aryl methyl sites for hydroxylation is 2. The molecule has 162 valence electrons. The second-order valence-corrected chi connectivity index (χ2v) is 7.34. The summed E-state index contributed by atoms with van der Waals surface area (Å²) in [5, 5.41) is 6.34. The van der Waals surface area contributed by atoms with E-state index >= 15 is 0 Å². The molecule has 0 amide bonds. The molecule has 3 aromatic rings. The number of nitrogens with one attached hydrogen (secondary N) is 2. The van der Waals surface area contributed by atoms with Gasteiger partial charge in [-0.2, -0.15) is 0 Å². The van der Waals surface area contributed by atoms with Crippen LogP contribution in [-0.2, 0) is 6.42 Å². The van der Waals surface area contributed by atoms with E-state index in [0.717, 1.165) is 58.7 Å². The Balaban J connectivity index is 0.00000261. The van der Waals surface area contributed by atoms with Gasteiger partial charge in [0.25, 0.3) is 0 Å². The lowest BCUT2D eigenvalue weighted by Gasteiger charge is -2.10. The van der Waals surface area contributed by atoms with Crippen molar-refractivity contribution in [3.8, 4) is 17.1 Å². The maximum atomic E-state index is 5.68. The summed E-state index contributed by atoms with van der Waals surface area (Å²) >= 11 is 1.61. The van der Waals surface area contributed by atoms with Gasteiger partial charge in [0.15, 0.2) is 5.13 Å². The maximum absolute atomic E-state index is 5.68. The van der Waals surface area contributed by atoms with Crippen LogP contribution in [0.2, 0.25) is 0 Å². The molecule has 10 heteroatoms. The first-order valence-corrected chi connectivity index (χ1v) is 9.58.